The highest BCUT2D eigenvalue weighted by Crippen LogP contribution is 2.48. The number of anilines is 2. The Morgan fingerprint density at radius 1 is 1.25 bits per heavy atom. The van der Waals surface area contributed by atoms with Crippen molar-refractivity contribution >= 4 is 23.0 Å². The number of nitrogens with zero attached hydrogens (tertiary/aromatic N) is 1. The average molecular weight is 373 g/mol. The van der Waals surface area contributed by atoms with Gasteiger partial charge in [0.1, 0.15) is 11.6 Å². The minimum Gasteiger partial charge on any atom is -0.499 e. The topological polar surface area (TPSA) is 63.2 Å². The van der Waals surface area contributed by atoms with Gasteiger partial charge in [0, 0.05) is 29.3 Å². The number of pyridine rings is 1. The van der Waals surface area contributed by atoms with E-state index in [1.165, 1.54) is 11.1 Å². The minimum atomic E-state index is 0.0269. The van der Waals surface area contributed by atoms with Gasteiger partial charge in [0.25, 0.3) is 0 Å². The number of carbonyl (C=O) groups is 1. The van der Waals surface area contributed by atoms with E-state index in [1.54, 1.807) is 7.11 Å². The van der Waals surface area contributed by atoms with E-state index < -0.39 is 0 Å². The fraction of sp³-hybridized carbons (Fsp3) is 0.304. The van der Waals surface area contributed by atoms with Gasteiger partial charge in [0.2, 0.25) is 5.91 Å². The van der Waals surface area contributed by atoms with Gasteiger partial charge in [-0.05, 0) is 54.7 Å². The quantitative estimate of drug-likeness (QED) is 0.841. The number of hydrogen-bond acceptors (Lipinski definition) is 4. The van der Waals surface area contributed by atoms with Crippen LogP contribution in [0.1, 0.15) is 35.4 Å². The molecule has 0 saturated heterocycles. The number of nitrogens with one attached hydrogen (secondary N) is 2. The van der Waals surface area contributed by atoms with Crippen molar-refractivity contribution < 1.29 is 9.53 Å². The zero-order chi connectivity index (χ0) is 19.3. The molecule has 2 atom stereocenters. The van der Waals surface area contributed by atoms with Crippen LogP contribution in [-0.2, 0) is 9.53 Å². The molecule has 1 aliphatic heterocycles. The fourth-order valence-corrected chi connectivity index (χ4v) is 4.16. The van der Waals surface area contributed by atoms with E-state index in [1.807, 2.05) is 24.4 Å². The lowest BCUT2D eigenvalue weighted by Crippen LogP contribution is -2.27. The molecule has 2 N–H and O–H groups in total. The summed E-state index contributed by atoms with van der Waals surface area (Å²) in [6.07, 6.45) is 8.04. The second-order valence-corrected chi connectivity index (χ2v) is 7.79. The van der Waals surface area contributed by atoms with Gasteiger partial charge in [-0.3, -0.25) is 4.79 Å². The van der Waals surface area contributed by atoms with Crippen LogP contribution in [0.5, 0.6) is 0 Å². The third kappa shape index (κ3) is 2.87. The van der Waals surface area contributed by atoms with Crippen LogP contribution in [0.2, 0.25) is 0 Å². The van der Waals surface area contributed by atoms with Crippen LogP contribution in [0.25, 0.3) is 5.57 Å². The highest BCUT2D eigenvalue weighted by atomic mass is 16.5. The molecule has 1 aromatic carbocycles. The van der Waals surface area contributed by atoms with Gasteiger partial charge in [-0.1, -0.05) is 24.3 Å². The van der Waals surface area contributed by atoms with Gasteiger partial charge in [-0.2, -0.15) is 0 Å². The smallest absolute Gasteiger partial charge is 0.227 e. The van der Waals surface area contributed by atoms with Crippen LogP contribution in [0.4, 0.5) is 11.5 Å². The average Bonchev–Trinajstić information content (AvgIpc) is 3.49. The largest absolute Gasteiger partial charge is 0.499 e. The number of aryl methyl sites for hydroxylation is 1. The number of hydrogen-bond donors (Lipinski definition) is 2. The van der Waals surface area contributed by atoms with E-state index in [0.717, 1.165) is 41.2 Å². The number of fused-ring (bicyclic) bond motifs is 3. The van der Waals surface area contributed by atoms with Crippen molar-refractivity contribution in [3.05, 3.63) is 71.1 Å². The lowest BCUT2D eigenvalue weighted by molar-refractivity contribution is -0.117. The molecule has 1 fully saturated rings. The molecule has 28 heavy (non-hydrogen) atoms. The summed E-state index contributed by atoms with van der Waals surface area (Å²) >= 11 is 0. The van der Waals surface area contributed by atoms with Crippen LogP contribution in [0.15, 0.2) is 54.4 Å². The second kappa shape index (κ2) is 6.51. The van der Waals surface area contributed by atoms with Crippen molar-refractivity contribution in [1.29, 1.82) is 0 Å². The Kier molecular flexibility index (Phi) is 3.97. The third-order valence-electron chi connectivity index (χ3n) is 5.73. The normalized spacial score (nSPS) is 22.4. The second-order valence-electron chi connectivity index (χ2n) is 7.79. The van der Waals surface area contributed by atoms with Crippen molar-refractivity contribution in [1.82, 2.24) is 4.98 Å². The Hall–Kier alpha value is -3.08. The van der Waals surface area contributed by atoms with Gasteiger partial charge in [0.15, 0.2) is 0 Å². The molecule has 0 spiro atoms. The molecular weight excluding hydrogens is 350 g/mol. The first-order valence-electron chi connectivity index (χ1n) is 9.74. The monoisotopic (exact) mass is 373 g/mol. The van der Waals surface area contributed by atoms with Crippen LogP contribution < -0.4 is 10.6 Å². The Balaban J connectivity index is 1.54. The molecule has 3 aliphatic rings. The lowest BCUT2D eigenvalue weighted by atomic mass is 9.80. The summed E-state index contributed by atoms with van der Waals surface area (Å²) in [5.74, 6) is 2.25. The van der Waals surface area contributed by atoms with Crippen LogP contribution in [0.3, 0.4) is 0 Å². The van der Waals surface area contributed by atoms with Gasteiger partial charge < -0.3 is 15.4 Å². The predicted octanol–water partition coefficient (Wildman–Crippen LogP) is 4.24. The third-order valence-corrected chi connectivity index (χ3v) is 5.73. The molecule has 1 aromatic heterocycles. The van der Waals surface area contributed by atoms with E-state index in [4.69, 9.17) is 4.74 Å². The van der Waals surface area contributed by atoms with Crippen LogP contribution in [-0.4, -0.2) is 24.0 Å². The van der Waals surface area contributed by atoms with Crippen molar-refractivity contribution in [3.63, 3.8) is 0 Å². The summed E-state index contributed by atoms with van der Waals surface area (Å²) in [6.45, 7) is 2.06. The molecule has 2 unspecified atom stereocenters. The minimum absolute atomic E-state index is 0.0269. The molecule has 1 saturated carbocycles. The SMILES string of the molecule is COC1=CC=C(c2cccc(NC(=O)C3CC3)c2)C2c3cc(C)cnc3NC12. The summed E-state index contributed by atoms with van der Waals surface area (Å²) in [7, 11) is 1.71. The number of methoxy groups -OCH3 is 1. The highest BCUT2D eigenvalue weighted by molar-refractivity contribution is 5.94. The zero-order valence-electron chi connectivity index (χ0n) is 16.0. The van der Waals surface area contributed by atoms with Gasteiger partial charge in [-0.15, -0.1) is 0 Å². The number of ether oxygens (including phenoxy) is 1. The number of amides is 1. The van der Waals surface area contributed by atoms with Gasteiger partial charge >= 0.3 is 0 Å². The van der Waals surface area contributed by atoms with Crippen LogP contribution in [0, 0.1) is 12.8 Å². The number of allylic oxidation sites excluding steroid dienone is 2. The summed E-state index contributed by atoms with van der Waals surface area (Å²) in [5.41, 5.74) is 5.48. The number of aromatic nitrogens is 1. The highest BCUT2D eigenvalue weighted by Gasteiger charge is 2.40. The van der Waals surface area contributed by atoms with E-state index in [2.05, 4.69) is 46.8 Å². The number of benzene rings is 1. The Morgan fingerprint density at radius 3 is 2.89 bits per heavy atom. The molecule has 5 heteroatoms. The molecular formula is C23H23N3O2. The predicted molar refractivity (Wildman–Crippen MR) is 110 cm³/mol. The fourth-order valence-electron chi connectivity index (χ4n) is 4.16. The summed E-state index contributed by atoms with van der Waals surface area (Å²) in [4.78, 5) is 16.7. The standard InChI is InChI=1S/C23H23N3O2/c1-13-10-18-20-17(8-9-19(28-2)21(20)26-22(18)24-12-13)15-4-3-5-16(11-15)25-23(27)14-6-7-14/h3-5,8-12,14,20-21H,6-7H2,1-2H3,(H,24,26)(H,25,27). The maximum absolute atomic E-state index is 12.2. The van der Waals surface area contributed by atoms with Crippen molar-refractivity contribution in [2.75, 3.05) is 17.7 Å². The van der Waals surface area contributed by atoms with Crippen molar-refractivity contribution in [3.8, 4) is 0 Å². The Morgan fingerprint density at radius 2 is 2.11 bits per heavy atom. The van der Waals surface area contributed by atoms with Crippen LogP contribution >= 0.6 is 0 Å². The Bertz CT molecular complexity index is 1020. The maximum atomic E-state index is 12.2. The van der Waals surface area contributed by atoms with E-state index in [9.17, 15) is 4.79 Å². The summed E-state index contributed by atoms with van der Waals surface area (Å²) in [5, 5.41) is 6.58. The van der Waals surface area contributed by atoms with E-state index in [0.29, 0.717) is 0 Å². The van der Waals surface area contributed by atoms with Gasteiger partial charge in [-0.25, -0.2) is 4.98 Å². The molecule has 2 aliphatic carbocycles. The first-order chi connectivity index (χ1) is 13.6. The maximum Gasteiger partial charge on any atom is 0.227 e. The molecule has 0 bridgehead atoms. The van der Waals surface area contributed by atoms with Crippen molar-refractivity contribution in [2.45, 2.75) is 31.7 Å². The lowest BCUT2D eigenvalue weighted by Gasteiger charge is -2.28. The first kappa shape index (κ1) is 17.0. The number of rotatable bonds is 4. The zero-order valence-corrected chi connectivity index (χ0v) is 16.0. The molecule has 5 nitrogen and oxygen atoms in total. The molecule has 0 radical (unpaired) electrons. The van der Waals surface area contributed by atoms with Gasteiger partial charge in [0.05, 0.1) is 13.2 Å². The molecule has 5 rings (SSSR count). The molecule has 1 amide bonds. The molecule has 2 aromatic rings. The Labute approximate surface area is 164 Å². The van der Waals surface area contributed by atoms with E-state index >= 15 is 0 Å². The first-order valence-corrected chi connectivity index (χ1v) is 9.74. The molecule has 2 heterocycles. The van der Waals surface area contributed by atoms with Crippen molar-refractivity contribution in [2.24, 2.45) is 5.92 Å². The molecule has 142 valence electrons. The van der Waals surface area contributed by atoms with E-state index in [-0.39, 0.29) is 23.8 Å². The number of carbonyl (C=O) groups excluding carboxylic acids is 1. The summed E-state index contributed by atoms with van der Waals surface area (Å²) < 4.78 is 5.63. The summed E-state index contributed by atoms with van der Waals surface area (Å²) in [6, 6.07) is 10.3.